The Kier molecular flexibility index (Phi) is 7.48. The molecule has 1 heterocycles. The van der Waals surface area contributed by atoms with Crippen LogP contribution in [0.25, 0.3) is 0 Å². The van der Waals surface area contributed by atoms with Crippen molar-refractivity contribution in [3.63, 3.8) is 0 Å². The van der Waals surface area contributed by atoms with E-state index in [9.17, 15) is 28.3 Å². The van der Waals surface area contributed by atoms with Gasteiger partial charge in [0, 0.05) is 31.6 Å². The minimum Gasteiger partial charge on any atom is -0.481 e. The molecule has 1 unspecified atom stereocenters. The summed E-state index contributed by atoms with van der Waals surface area (Å²) >= 11 is 0. The molecule has 1 aromatic rings. The zero-order chi connectivity index (χ0) is 20.8. The summed E-state index contributed by atoms with van der Waals surface area (Å²) in [5.41, 5.74) is -0.192. The molecule has 1 atom stereocenters. The molecule has 2 N–H and O–H groups in total. The van der Waals surface area contributed by atoms with Crippen LogP contribution in [0.2, 0.25) is 0 Å². The van der Waals surface area contributed by atoms with Gasteiger partial charge in [-0.3, -0.25) is 14.4 Å². The van der Waals surface area contributed by atoms with E-state index in [1.165, 1.54) is 4.90 Å². The lowest BCUT2D eigenvalue weighted by atomic mass is 9.94. The van der Waals surface area contributed by atoms with Gasteiger partial charge < -0.3 is 15.3 Å². The summed E-state index contributed by atoms with van der Waals surface area (Å²) in [5.74, 6) is -4.09. The number of halogens is 2. The standard InChI is InChI=1S/C20H26F2N2O4/c1-12(2)9-14(20(27)28)11-23-18(25)13-5-7-24(8-6-13)19(26)16-4-3-15(21)10-17(16)22/h3-4,10,12-14H,5-9,11H2,1-2H3,(H,23,25)(H,27,28). The van der Waals surface area contributed by atoms with Gasteiger partial charge in [0.25, 0.3) is 5.91 Å². The fourth-order valence-electron chi connectivity index (χ4n) is 3.39. The molecule has 2 rings (SSSR count). The van der Waals surface area contributed by atoms with E-state index in [4.69, 9.17) is 0 Å². The summed E-state index contributed by atoms with van der Waals surface area (Å²) < 4.78 is 26.8. The van der Waals surface area contributed by atoms with Crippen molar-refractivity contribution in [2.75, 3.05) is 19.6 Å². The third-order valence-corrected chi connectivity index (χ3v) is 4.94. The lowest BCUT2D eigenvalue weighted by molar-refractivity contribution is -0.142. The second kappa shape index (κ2) is 9.61. The van der Waals surface area contributed by atoms with E-state index in [2.05, 4.69) is 5.32 Å². The van der Waals surface area contributed by atoms with Crippen LogP contribution >= 0.6 is 0 Å². The van der Waals surface area contributed by atoms with Gasteiger partial charge in [-0.25, -0.2) is 8.78 Å². The molecule has 1 saturated heterocycles. The van der Waals surface area contributed by atoms with Gasteiger partial charge in [-0.05, 0) is 37.3 Å². The van der Waals surface area contributed by atoms with Crippen LogP contribution in [0.15, 0.2) is 18.2 Å². The Morgan fingerprint density at radius 3 is 2.39 bits per heavy atom. The molecular formula is C20H26F2N2O4. The third-order valence-electron chi connectivity index (χ3n) is 4.94. The Hall–Kier alpha value is -2.51. The van der Waals surface area contributed by atoms with Gasteiger partial charge in [-0.1, -0.05) is 13.8 Å². The minimum atomic E-state index is -0.934. The van der Waals surface area contributed by atoms with Crippen LogP contribution in [0.3, 0.4) is 0 Å². The number of aliphatic carboxylic acids is 1. The van der Waals surface area contributed by atoms with E-state index in [-0.39, 0.29) is 42.9 Å². The number of rotatable bonds is 7. The third kappa shape index (κ3) is 5.74. The number of benzene rings is 1. The zero-order valence-electron chi connectivity index (χ0n) is 16.1. The number of piperidine rings is 1. The smallest absolute Gasteiger partial charge is 0.308 e. The van der Waals surface area contributed by atoms with Crippen molar-refractivity contribution in [2.45, 2.75) is 33.1 Å². The fourth-order valence-corrected chi connectivity index (χ4v) is 3.39. The largest absolute Gasteiger partial charge is 0.481 e. The van der Waals surface area contributed by atoms with E-state index in [1.807, 2.05) is 13.8 Å². The van der Waals surface area contributed by atoms with E-state index < -0.39 is 29.4 Å². The Balaban J connectivity index is 1.86. The Morgan fingerprint density at radius 2 is 1.86 bits per heavy atom. The van der Waals surface area contributed by atoms with Crippen molar-refractivity contribution < 1.29 is 28.3 Å². The molecule has 0 saturated carbocycles. The molecule has 1 aliphatic rings. The van der Waals surface area contributed by atoms with Crippen LogP contribution in [0.5, 0.6) is 0 Å². The predicted octanol–water partition coefficient (Wildman–Crippen LogP) is 2.68. The van der Waals surface area contributed by atoms with E-state index in [0.717, 1.165) is 12.1 Å². The highest BCUT2D eigenvalue weighted by atomic mass is 19.1. The number of carbonyl (C=O) groups is 3. The minimum absolute atomic E-state index is 0.0757. The maximum absolute atomic E-state index is 13.8. The molecule has 1 fully saturated rings. The summed E-state index contributed by atoms with van der Waals surface area (Å²) in [5, 5.41) is 11.9. The maximum atomic E-state index is 13.8. The van der Waals surface area contributed by atoms with Crippen LogP contribution in [0, 0.1) is 29.4 Å². The average Bonchev–Trinajstić information content (AvgIpc) is 2.64. The Morgan fingerprint density at radius 1 is 1.21 bits per heavy atom. The van der Waals surface area contributed by atoms with Crippen molar-refractivity contribution in [3.05, 3.63) is 35.4 Å². The van der Waals surface area contributed by atoms with Gasteiger partial charge in [0.15, 0.2) is 0 Å². The summed E-state index contributed by atoms with van der Waals surface area (Å²) in [6.07, 6.45) is 1.29. The molecule has 28 heavy (non-hydrogen) atoms. The summed E-state index contributed by atoms with van der Waals surface area (Å²) in [6.45, 7) is 4.49. The second-order valence-corrected chi connectivity index (χ2v) is 7.60. The number of nitrogens with one attached hydrogen (secondary N) is 1. The van der Waals surface area contributed by atoms with Crippen LogP contribution in [-0.4, -0.2) is 47.4 Å². The molecule has 0 bridgehead atoms. The zero-order valence-corrected chi connectivity index (χ0v) is 16.1. The summed E-state index contributed by atoms with van der Waals surface area (Å²) in [7, 11) is 0. The first-order chi connectivity index (χ1) is 13.2. The fraction of sp³-hybridized carbons (Fsp3) is 0.550. The SMILES string of the molecule is CC(C)CC(CNC(=O)C1CCN(C(=O)c2ccc(F)cc2F)CC1)C(=O)O. The average molecular weight is 396 g/mol. The molecule has 2 amide bonds. The molecule has 8 heteroatoms. The highest BCUT2D eigenvalue weighted by molar-refractivity contribution is 5.94. The first kappa shape index (κ1) is 21.8. The Labute approximate surface area is 162 Å². The number of hydrogen-bond donors (Lipinski definition) is 2. The topological polar surface area (TPSA) is 86.7 Å². The van der Waals surface area contributed by atoms with Gasteiger partial charge in [-0.2, -0.15) is 0 Å². The van der Waals surface area contributed by atoms with Gasteiger partial charge in [0.1, 0.15) is 11.6 Å². The van der Waals surface area contributed by atoms with Gasteiger partial charge in [0.2, 0.25) is 5.91 Å². The molecular weight excluding hydrogens is 370 g/mol. The molecule has 0 spiro atoms. The lowest BCUT2D eigenvalue weighted by Gasteiger charge is -2.31. The molecule has 1 aromatic carbocycles. The maximum Gasteiger partial charge on any atom is 0.308 e. The number of hydrogen-bond acceptors (Lipinski definition) is 3. The highest BCUT2D eigenvalue weighted by Crippen LogP contribution is 2.21. The highest BCUT2D eigenvalue weighted by Gasteiger charge is 2.29. The molecule has 154 valence electrons. The van der Waals surface area contributed by atoms with Gasteiger partial charge >= 0.3 is 5.97 Å². The number of nitrogens with zero attached hydrogens (tertiary/aromatic N) is 1. The van der Waals surface area contributed by atoms with Gasteiger partial charge in [0.05, 0.1) is 11.5 Å². The molecule has 1 aliphatic heterocycles. The number of carboxylic acids is 1. The Bertz CT molecular complexity index is 731. The first-order valence-electron chi connectivity index (χ1n) is 9.43. The molecule has 6 nitrogen and oxygen atoms in total. The molecule has 0 radical (unpaired) electrons. The van der Waals surface area contributed by atoms with Crippen molar-refractivity contribution in [3.8, 4) is 0 Å². The van der Waals surface area contributed by atoms with E-state index in [0.29, 0.717) is 25.3 Å². The lowest BCUT2D eigenvalue weighted by Crippen LogP contribution is -2.44. The van der Waals surface area contributed by atoms with E-state index >= 15 is 0 Å². The van der Waals surface area contributed by atoms with Crippen molar-refractivity contribution in [1.82, 2.24) is 10.2 Å². The van der Waals surface area contributed by atoms with Gasteiger partial charge in [-0.15, -0.1) is 0 Å². The predicted molar refractivity (Wildman–Crippen MR) is 98.6 cm³/mol. The molecule has 0 aromatic heterocycles. The number of amides is 2. The second-order valence-electron chi connectivity index (χ2n) is 7.60. The number of carbonyl (C=O) groups excluding carboxylic acids is 2. The normalized spacial score (nSPS) is 16.1. The quantitative estimate of drug-likeness (QED) is 0.742. The summed E-state index contributed by atoms with van der Waals surface area (Å²) in [6, 6.07) is 2.82. The monoisotopic (exact) mass is 396 g/mol. The van der Waals surface area contributed by atoms with Crippen LogP contribution in [0.4, 0.5) is 8.78 Å². The first-order valence-corrected chi connectivity index (χ1v) is 9.43. The molecule has 0 aliphatic carbocycles. The van der Waals surface area contributed by atoms with Crippen LogP contribution in [0.1, 0.15) is 43.5 Å². The van der Waals surface area contributed by atoms with Crippen molar-refractivity contribution in [1.29, 1.82) is 0 Å². The van der Waals surface area contributed by atoms with Crippen LogP contribution in [-0.2, 0) is 9.59 Å². The van der Waals surface area contributed by atoms with Crippen molar-refractivity contribution in [2.24, 2.45) is 17.8 Å². The van der Waals surface area contributed by atoms with E-state index in [1.54, 1.807) is 0 Å². The van der Waals surface area contributed by atoms with Crippen LogP contribution < -0.4 is 5.32 Å². The number of carboxylic acid groups (broad SMARTS) is 1. The summed E-state index contributed by atoms with van der Waals surface area (Å²) in [4.78, 5) is 37.5. The van der Waals surface area contributed by atoms with Crippen molar-refractivity contribution >= 4 is 17.8 Å². The number of likely N-dealkylation sites (tertiary alicyclic amines) is 1.